The van der Waals surface area contributed by atoms with E-state index in [0.717, 1.165) is 42.9 Å². The molecule has 0 amide bonds. The van der Waals surface area contributed by atoms with Crippen LogP contribution < -0.4 is 5.56 Å². The molecule has 1 fully saturated rings. The number of halogens is 5. The van der Waals surface area contributed by atoms with Crippen molar-refractivity contribution >= 4 is 0 Å². The number of alkyl halides is 5. The molecule has 3 aromatic rings. The van der Waals surface area contributed by atoms with Gasteiger partial charge in [-0.25, -0.2) is 4.68 Å². The summed E-state index contributed by atoms with van der Waals surface area (Å²) in [4.78, 5) is 13.5. The Labute approximate surface area is 186 Å². The zero-order chi connectivity index (χ0) is 23.8. The third-order valence-corrected chi connectivity index (χ3v) is 5.90. The summed E-state index contributed by atoms with van der Waals surface area (Å²) in [6.45, 7) is -1.89. The van der Waals surface area contributed by atoms with E-state index in [1.165, 1.54) is 31.2 Å². The maximum atomic E-state index is 13.5. The number of hydrogen-bond donors (Lipinski definition) is 0. The number of benzene rings is 1. The maximum absolute atomic E-state index is 13.5. The van der Waals surface area contributed by atoms with Gasteiger partial charge in [0.25, 0.3) is 5.56 Å². The van der Waals surface area contributed by atoms with Crippen molar-refractivity contribution in [2.24, 2.45) is 0 Å². The van der Waals surface area contributed by atoms with Gasteiger partial charge in [-0.15, -0.1) is 9.90 Å². The highest BCUT2D eigenvalue weighted by Crippen LogP contribution is 2.34. The molecule has 0 saturated heterocycles. The first kappa shape index (κ1) is 23.1. The summed E-state index contributed by atoms with van der Waals surface area (Å²) in [5.74, 6) is -0.0810. The second-order valence-corrected chi connectivity index (χ2v) is 8.17. The average Bonchev–Trinajstić information content (AvgIpc) is 3.17. The lowest BCUT2D eigenvalue weighted by Gasteiger charge is -2.22. The highest BCUT2D eigenvalue weighted by molar-refractivity contribution is 5.56. The summed E-state index contributed by atoms with van der Waals surface area (Å²) in [5, 5.41) is 11.7. The molecular formula is C22H22F5N5O. The van der Waals surface area contributed by atoms with Gasteiger partial charge in [0.15, 0.2) is 0 Å². The van der Waals surface area contributed by atoms with Gasteiger partial charge in [0, 0.05) is 5.56 Å². The van der Waals surface area contributed by atoms with E-state index in [9.17, 15) is 26.7 Å². The minimum absolute atomic E-state index is 0.0604. The van der Waals surface area contributed by atoms with Crippen LogP contribution in [0.1, 0.15) is 67.0 Å². The highest BCUT2D eigenvalue weighted by Gasteiger charge is 2.33. The minimum atomic E-state index is -4.60. The summed E-state index contributed by atoms with van der Waals surface area (Å²) < 4.78 is 67.6. The molecule has 0 aliphatic heterocycles. The lowest BCUT2D eigenvalue weighted by Crippen LogP contribution is -2.30. The molecule has 6 nitrogen and oxygen atoms in total. The van der Waals surface area contributed by atoms with E-state index in [-0.39, 0.29) is 33.4 Å². The molecule has 1 aliphatic carbocycles. The van der Waals surface area contributed by atoms with Gasteiger partial charge in [-0.1, -0.05) is 37.5 Å². The van der Waals surface area contributed by atoms with Gasteiger partial charge in [0.1, 0.15) is 11.4 Å². The Morgan fingerprint density at radius 3 is 2.39 bits per heavy atom. The van der Waals surface area contributed by atoms with Crippen LogP contribution in [-0.2, 0) is 12.7 Å². The Morgan fingerprint density at radius 2 is 1.76 bits per heavy atom. The first-order valence-electron chi connectivity index (χ1n) is 10.6. The van der Waals surface area contributed by atoms with Crippen LogP contribution in [0.3, 0.4) is 0 Å². The second-order valence-electron chi connectivity index (χ2n) is 8.17. The van der Waals surface area contributed by atoms with Gasteiger partial charge in [-0.05, 0) is 43.4 Å². The van der Waals surface area contributed by atoms with Gasteiger partial charge < -0.3 is 0 Å². The summed E-state index contributed by atoms with van der Waals surface area (Å²) in [7, 11) is 0. The highest BCUT2D eigenvalue weighted by atomic mass is 19.4. The first-order chi connectivity index (χ1) is 15.6. The van der Waals surface area contributed by atoms with Crippen molar-refractivity contribution in [2.45, 2.75) is 64.2 Å². The molecule has 33 heavy (non-hydrogen) atoms. The van der Waals surface area contributed by atoms with Crippen molar-refractivity contribution in [3.05, 3.63) is 63.1 Å². The fraction of sp³-hybridized carbons (Fsp3) is 0.455. The lowest BCUT2D eigenvalue weighted by atomic mass is 9.84. The first-order valence-corrected chi connectivity index (χ1v) is 10.6. The molecule has 0 N–H and O–H groups in total. The average molecular weight is 467 g/mol. The molecule has 176 valence electrons. The Bertz CT molecular complexity index is 1190. The van der Waals surface area contributed by atoms with Crippen LogP contribution in [0, 0.1) is 6.92 Å². The fourth-order valence-electron chi connectivity index (χ4n) is 4.31. The maximum Gasteiger partial charge on any atom is 0.416 e. The van der Waals surface area contributed by atoms with E-state index < -0.39 is 30.4 Å². The van der Waals surface area contributed by atoms with Gasteiger partial charge in [0.2, 0.25) is 0 Å². The molecule has 1 aromatic carbocycles. The van der Waals surface area contributed by atoms with Crippen molar-refractivity contribution in [2.75, 3.05) is 0 Å². The number of aryl methyl sites for hydroxylation is 1. The molecule has 4 rings (SSSR count). The van der Waals surface area contributed by atoms with E-state index >= 15 is 0 Å². The van der Waals surface area contributed by atoms with Crippen LogP contribution in [0.2, 0.25) is 0 Å². The summed E-state index contributed by atoms with van der Waals surface area (Å²) in [6.07, 6.45) is -0.163. The number of hydrogen-bond acceptors (Lipinski definition) is 4. The molecule has 11 heteroatoms. The quantitative estimate of drug-likeness (QED) is 0.477. The molecular weight excluding hydrogens is 445 g/mol. The summed E-state index contributed by atoms with van der Waals surface area (Å²) >= 11 is 0. The third-order valence-electron chi connectivity index (χ3n) is 5.90. The third kappa shape index (κ3) is 4.81. The van der Waals surface area contributed by atoms with Gasteiger partial charge in [-0.2, -0.15) is 32.1 Å². The molecule has 1 saturated carbocycles. The molecule has 0 unspecified atom stereocenters. The van der Waals surface area contributed by atoms with E-state index in [1.807, 2.05) is 0 Å². The van der Waals surface area contributed by atoms with Crippen molar-refractivity contribution in [1.82, 2.24) is 24.8 Å². The Balaban J connectivity index is 1.85. The molecule has 1 aliphatic rings. The zero-order valence-electron chi connectivity index (χ0n) is 17.8. The lowest BCUT2D eigenvalue weighted by molar-refractivity contribution is -0.138. The van der Waals surface area contributed by atoms with Crippen molar-refractivity contribution in [3.63, 3.8) is 0 Å². The fourth-order valence-corrected chi connectivity index (χ4v) is 4.31. The van der Waals surface area contributed by atoms with Crippen LogP contribution in [0.15, 0.2) is 35.1 Å². The topological polar surface area (TPSA) is 65.6 Å². The predicted octanol–water partition coefficient (Wildman–Crippen LogP) is 5.32. The zero-order valence-corrected chi connectivity index (χ0v) is 17.8. The Hall–Kier alpha value is -3.11. The van der Waals surface area contributed by atoms with Crippen LogP contribution in [0.4, 0.5) is 22.0 Å². The van der Waals surface area contributed by atoms with E-state index in [4.69, 9.17) is 0 Å². The molecule has 0 atom stereocenters. The second kappa shape index (κ2) is 9.03. The van der Waals surface area contributed by atoms with Crippen LogP contribution in [0.25, 0.3) is 11.4 Å². The molecule has 0 spiro atoms. The van der Waals surface area contributed by atoms with Crippen LogP contribution >= 0.6 is 0 Å². The Morgan fingerprint density at radius 1 is 1.06 bits per heavy atom. The molecule has 2 aromatic heterocycles. The van der Waals surface area contributed by atoms with E-state index in [1.54, 1.807) is 0 Å². The van der Waals surface area contributed by atoms with E-state index in [2.05, 4.69) is 15.3 Å². The standard InChI is InChI=1S/C22H22F5N5O/c1-13-19(30-32(28-13)21(23)24)18-11-16(14-7-3-2-4-8-14)20(33)31(29-18)12-15-9-5-6-10-17(15)22(25,26)27/h5-6,9-11,14,21H,2-4,7-8,12H2,1H3. The smallest absolute Gasteiger partial charge is 0.267 e. The monoisotopic (exact) mass is 467 g/mol. The summed E-state index contributed by atoms with van der Waals surface area (Å²) in [6, 6.07) is 6.50. The summed E-state index contributed by atoms with van der Waals surface area (Å²) in [5.41, 5.74) is -0.674. The molecule has 0 bridgehead atoms. The number of rotatable bonds is 5. The van der Waals surface area contributed by atoms with Gasteiger partial charge >= 0.3 is 12.7 Å². The molecule has 2 heterocycles. The van der Waals surface area contributed by atoms with Crippen LogP contribution in [-0.4, -0.2) is 24.8 Å². The minimum Gasteiger partial charge on any atom is -0.267 e. The predicted molar refractivity (Wildman–Crippen MR) is 110 cm³/mol. The molecule has 0 radical (unpaired) electrons. The van der Waals surface area contributed by atoms with Crippen molar-refractivity contribution < 1.29 is 22.0 Å². The van der Waals surface area contributed by atoms with Crippen LogP contribution in [0.5, 0.6) is 0 Å². The van der Waals surface area contributed by atoms with Crippen molar-refractivity contribution in [3.8, 4) is 11.4 Å². The van der Waals surface area contributed by atoms with Gasteiger partial charge in [0.05, 0.1) is 17.8 Å². The van der Waals surface area contributed by atoms with Gasteiger partial charge in [-0.3, -0.25) is 4.79 Å². The largest absolute Gasteiger partial charge is 0.416 e. The Kier molecular flexibility index (Phi) is 6.31. The number of aromatic nitrogens is 5. The van der Waals surface area contributed by atoms with Crippen molar-refractivity contribution in [1.29, 1.82) is 0 Å². The number of nitrogens with zero attached hydrogens (tertiary/aromatic N) is 5. The van der Waals surface area contributed by atoms with E-state index in [0.29, 0.717) is 5.56 Å². The SMILES string of the molecule is Cc1nn(C(F)F)nc1-c1cc(C2CCCCC2)c(=O)n(Cc2ccccc2C(F)(F)F)n1. The normalized spacial score (nSPS) is 15.4.